The molecule has 0 spiro atoms. The van der Waals surface area contributed by atoms with Crippen LogP contribution in [-0.2, 0) is 9.53 Å². The van der Waals surface area contributed by atoms with Crippen molar-refractivity contribution in [2.75, 3.05) is 26.3 Å². The van der Waals surface area contributed by atoms with E-state index < -0.39 is 0 Å². The summed E-state index contributed by atoms with van der Waals surface area (Å²) >= 11 is 0. The quantitative estimate of drug-likeness (QED) is 0.653. The van der Waals surface area contributed by atoms with Gasteiger partial charge in [-0.05, 0) is 18.9 Å². The van der Waals surface area contributed by atoms with E-state index in [1.165, 1.54) is 0 Å². The Hall–Kier alpha value is -1.13. The highest BCUT2D eigenvalue weighted by molar-refractivity contribution is 5.77. The molecule has 18 heavy (non-hydrogen) atoms. The smallest absolute Gasteiger partial charge is 0.246 e. The molecule has 0 saturated carbocycles. The van der Waals surface area contributed by atoms with E-state index in [2.05, 4.69) is 18.3 Å². The summed E-state index contributed by atoms with van der Waals surface area (Å²) in [6, 6.07) is 0. The van der Waals surface area contributed by atoms with Crippen LogP contribution in [0.25, 0.3) is 0 Å². The van der Waals surface area contributed by atoms with Crippen LogP contribution in [-0.4, -0.2) is 32.2 Å². The van der Waals surface area contributed by atoms with Crippen LogP contribution >= 0.6 is 0 Å². The molecule has 0 radical (unpaired) electrons. The lowest BCUT2D eigenvalue weighted by Gasteiger charge is -2.05. The van der Waals surface area contributed by atoms with Crippen LogP contribution in [0.5, 0.6) is 0 Å². The second-order valence-corrected chi connectivity index (χ2v) is 3.32. The average Bonchev–Trinajstić information content (AvgIpc) is 2.39. The number of amides is 1. The highest BCUT2D eigenvalue weighted by atomic mass is 16.5. The Morgan fingerprint density at radius 1 is 1.33 bits per heavy atom. The van der Waals surface area contributed by atoms with Gasteiger partial charge >= 0.3 is 0 Å². The van der Waals surface area contributed by atoms with Gasteiger partial charge in [0, 0.05) is 13.1 Å². The number of nitrogens with two attached hydrogens (primary N) is 1. The third-order valence-corrected chi connectivity index (χ3v) is 1.82. The van der Waals surface area contributed by atoms with Gasteiger partial charge in [0.05, 0.1) is 6.61 Å². The Labute approximate surface area is 111 Å². The molecular formula is C14H28N2O2. The molecule has 0 bridgehead atoms. The molecule has 3 N–H and O–H groups in total. The Morgan fingerprint density at radius 2 is 2.00 bits per heavy atom. The highest BCUT2D eigenvalue weighted by Crippen LogP contribution is 2.00. The fourth-order valence-electron chi connectivity index (χ4n) is 1.18. The van der Waals surface area contributed by atoms with Gasteiger partial charge in [-0.2, -0.15) is 0 Å². The largest absolute Gasteiger partial charge is 0.367 e. The van der Waals surface area contributed by atoms with Crippen LogP contribution in [0.15, 0.2) is 23.8 Å². The summed E-state index contributed by atoms with van der Waals surface area (Å²) in [5.41, 5.74) is 6.35. The molecule has 0 heterocycles. The van der Waals surface area contributed by atoms with Gasteiger partial charge < -0.3 is 15.8 Å². The van der Waals surface area contributed by atoms with Crippen LogP contribution in [0.4, 0.5) is 0 Å². The minimum absolute atomic E-state index is 0.0820. The van der Waals surface area contributed by atoms with Crippen molar-refractivity contribution in [3.63, 3.8) is 0 Å². The first-order valence-electron chi connectivity index (χ1n) is 6.60. The number of hydrogen-bond acceptors (Lipinski definition) is 3. The van der Waals surface area contributed by atoms with Gasteiger partial charge in [0.2, 0.25) is 5.91 Å². The lowest BCUT2D eigenvalue weighted by atomic mass is 10.2. The predicted octanol–water partition coefficient (Wildman–Crippen LogP) is 2.02. The number of carbonyl (C=O) groups is 1. The zero-order valence-electron chi connectivity index (χ0n) is 12.2. The Bertz CT molecular complexity index is 248. The monoisotopic (exact) mass is 256 g/mol. The van der Waals surface area contributed by atoms with E-state index in [0.717, 1.165) is 12.0 Å². The number of ether oxygens (including phenoxy) is 1. The van der Waals surface area contributed by atoms with Crippen molar-refractivity contribution in [1.29, 1.82) is 0 Å². The summed E-state index contributed by atoms with van der Waals surface area (Å²) in [6.07, 6.45) is 6.99. The lowest BCUT2D eigenvalue weighted by Crippen LogP contribution is -2.32. The zero-order chi connectivity index (χ0) is 14.2. The number of rotatable bonds is 8. The van der Waals surface area contributed by atoms with E-state index in [1.54, 1.807) is 0 Å². The standard InChI is InChI=1S/C12H22N2O2.C2H6/c1-3-5-11(6-4-2)9-16-10-12(15)14-8-7-13;1-2/h3,5-6H,4,7-10,13H2,1-2H3,(H,14,15);1-2H3/b5-3-,11-6+;. The summed E-state index contributed by atoms with van der Waals surface area (Å²) in [4.78, 5) is 11.2. The molecule has 0 aromatic rings. The minimum Gasteiger partial charge on any atom is -0.367 e. The number of carbonyl (C=O) groups excluding carboxylic acids is 1. The Morgan fingerprint density at radius 3 is 2.50 bits per heavy atom. The van der Waals surface area contributed by atoms with Crippen LogP contribution in [0.3, 0.4) is 0 Å². The average molecular weight is 256 g/mol. The van der Waals surface area contributed by atoms with Crippen LogP contribution in [0.2, 0.25) is 0 Å². The van der Waals surface area contributed by atoms with Gasteiger partial charge in [-0.3, -0.25) is 4.79 Å². The number of nitrogens with one attached hydrogen (secondary N) is 1. The molecule has 0 aliphatic rings. The summed E-state index contributed by atoms with van der Waals surface area (Å²) in [5.74, 6) is -0.123. The van der Waals surface area contributed by atoms with Gasteiger partial charge in [-0.15, -0.1) is 0 Å². The summed E-state index contributed by atoms with van der Waals surface area (Å²) in [6.45, 7) is 9.52. The lowest BCUT2D eigenvalue weighted by molar-refractivity contribution is -0.125. The molecule has 0 aliphatic carbocycles. The molecule has 0 unspecified atom stereocenters. The maximum Gasteiger partial charge on any atom is 0.246 e. The fourth-order valence-corrected chi connectivity index (χ4v) is 1.18. The van der Waals surface area contributed by atoms with Crippen molar-refractivity contribution in [1.82, 2.24) is 5.32 Å². The molecule has 0 rings (SSSR count). The van der Waals surface area contributed by atoms with Crippen LogP contribution in [0, 0.1) is 0 Å². The summed E-state index contributed by atoms with van der Waals surface area (Å²) in [7, 11) is 0. The van der Waals surface area contributed by atoms with Gasteiger partial charge in [0.15, 0.2) is 0 Å². The van der Waals surface area contributed by atoms with Crippen LogP contribution in [0.1, 0.15) is 34.1 Å². The van der Waals surface area contributed by atoms with Gasteiger partial charge in [0.1, 0.15) is 6.61 Å². The molecule has 0 atom stereocenters. The number of hydrogen-bond donors (Lipinski definition) is 2. The van der Waals surface area contributed by atoms with Crippen molar-refractivity contribution in [2.45, 2.75) is 34.1 Å². The molecular weight excluding hydrogens is 228 g/mol. The Kier molecular flexibility index (Phi) is 16.9. The molecule has 0 aromatic heterocycles. The van der Waals surface area contributed by atoms with E-state index in [4.69, 9.17) is 10.5 Å². The van der Waals surface area contributed by atoms with Crippen molar-refractivity contribution in [3.8, 4) is 0 Å². The van der Waals surface area contributed by atoms with Crippen molar-refractivity contribution in [2.24, 2.45) is 5.73 Å². The van der Waals surface area contributed by atoms with Gasteiger partial charge in [0.25, 0.3) is 0 Å². The van der Waals surface area contributed by atoms with Crippen LogP contribution < -0.4 is 11.1 Å². The molecule has 0 aromatic carbocycles. The summed E-state index contributed by atoms with van der Waals surface area (Å²) in [5, 5.41) is 2.64. The highest BCUT2D eigenvalue weighted by Gasteiger charge is 2.00. The third-order valence-electron chi connectivity index (χ3n) is 1.82. The third kappa shape index (κ3) is 12.9. The predicted molar refractivity (Wildman–Crippen MR) is 77.4 cm³/mol. The Balaban J connectivity index is 0. The maximum absolute atomic E-state index is 11.2. The number of allylic oxidation sites excluding steroid dienone is 2. The van der Waals surface area contributed by atoms with E-state index in [0.29, 0.717) is 19.7 Å². The topological polar surface area (TPSA) is 64.3 Å². The molecule has 1 amide bonds. The van der Waals surface area contributed by atoms with Gasteiger partial charge in [-0.25, -0.2) is 0 Å². The van der Waals surface area contributed by atoms with Crippen molar-refractivity contribution in [3.05, 3.63) is 23.8 Å². The first kappa shape index (κ1) is 19.2. The SMILES string of the molecule is C/C=C\C(=C/CC)COCC(=O)NCCN.CC. The summed E-state index contributed by atoms with van der Waals surface area (Å²) < 4.78 is 5.29. The fraction of sp³-hybridized carbons (Fsp3) is 0.643. The molecule has 4 heteroatoms. The molecule has 0 fully saturated rings. The van der Waals surface area contributed by atoms with Crippen molar-refractivity contribution < 1.29 is 9.53 Å². The van der Waals surface area contributed by atoms with E-state index >= 15 is 0 Å². The molecule has 106 valence electrons. The van der Waals surface area contributed by atoms with Crippen molar-refractivity contribution >= 4 is 5.91 Å². The van der Waals surface area contributed by atoms with E-state index in [-0.39, 0.29) is 12.5 Å². The first-order chi connectivity index (χ1) is 8.74. The first-order valence-corrected chi connectivity index (χ1v) is 6.60. The second kappa shape index (κ2) is 15.9. The molecule has 4 nitrogen and oxygen atoms in total. The normalized spacial score (nSPS) is 11.1. The molecule has 0 aliphatic heterocycles. The second-order valence-electron chi connectivity index (χ2n) is 3.32. The minimum atomic E-state index is -0.123. The van der Waals surface area contributed by atoms with Gasteiger partial charge in [-0.1, -0.05) is 39.0 Å². The maximum atomic E-state index is 11.2. The molecule has 0 saturated heterocycles. The van der Waals surface area contributed by atoms with E-state index in [9.17, 15) is 4.79 Å². The van der Waals surface area contributed by atoms with E-state index in [1.807, 2.05) is 32.9 Å². The zero-order valence-corrected chi connectivity index (χ0v) is 12.2.